The highest BCUT2D eigenvalue weighted by atomic mass is 15.2. The molecule has 0 amide bonds. The number of rotatable bonds is 4. The lowest BCUT2D eigenvalue weighted by atomic mass is 9.69. The predicted molar refractivity (Wildman–Crippen MR) is 82.3 cm³/mol. The molecule has 3 heteroatoms. The molecule has 2 rings (SSSR count). The lowest BCUT2D eigenvalue weighted by Crippen LogP contribution is -2.49. The van der Waals surface area contributed by atoms with Crippen molar-refractivity contribution < 1.29 is 0 Å². The van der Waals surface area contributed by atoms with Crippen molar-refractivity contribution in [1.82, 2.24) is 9.80 Å². The largest absolute Gasteiger partial charge is 0.330 e. The van der Waals surface area contributed by atoms with Crippen LogP contribution in [0.15, 0.2) is 0 Å². The molecule has 0 aromatic heterocycles. The number of likely N-dealkylation sites (tertiary alicyclic amines) is 1. The Morgan fingerprint density at radius 3 is 2.42 bits per heavy atom. The Balaban J connectivity index is 1.86. The van der Waals surface area contributed by atoms with Crippen LogP contribution < -0.4 is 5.73 Å². The first-order valence-electron chi connectivity index (χ1n) is 8.13. The number of hydrogen-bond donors (Lipinski definition) is 1. The van der Waals surface area contributed by atoms with Crippen LogP contribution in [0.1, 0.15) is 45.4 Å². The Hall–Kier alpha value is -0.120. The molecule has 1 heterocycles. The topological polar surface area (TPSA) is 32.5 Å². The van der Waals surface area contributed by atoms with Crippen LogP contribution in [0.4, 0.5) is 0 Å². The lowest BCUT2D eigenvalue weighted by Gasteiger charge is -2.45. The summed E-state index contributed by atoms with van der Waals surface area (Å²) in [5, 5.41) is 0. The first-order chi connectivity index (χ1) is 9.04. The zero-order chi connectivity index (χ0) is 13.9. The second kappa shape index (κ2) is 6.55. The van der Waals surface area contributed by atoms with E-state index >= 15 is 0 Å². The summed E-state index contributed by atoms with van der Waals surface area (Å²) in [7, 11) is 4.43. The Bertz CT molecular complexity index is 271. The molecule has 2 unspecified atom stereocenters. The van der Waals surface area contributed by atoms with Crippen molar-refractivity contribution in [2.75, 3.05) is 40.3 Å². The molecule has 2 N–H and O–H groups in total. The Kier molecular flexibility index (Phi) is 5.27. The number of hydrogen-bond acceptors (Lipinski definition) is 3. The van der Waals surface area contributed by atoms with Crippen LogP contribution in [0.5, 0.6) is 0 Å². The predicted octanol–water partition coefficient (Wildman–Crippen LogP) is 2.17. The summed E-state index contributed by atoms with van der Waals surface area (Å²) >= 11 is 0. The third kappa shape index (κ3) is 3.93. The average Bonchev–Trinajstić information content (AvgIpc) is 2.39. The van der Waals surface area contributed by atoms with Gasteiger partial charge in [0, 0.05) is 12.6 Å². The first kappa shape index (κ1) is 15.3. The fourth-order valence-electron chi connectivity index (χ4n) is 4.23. The molecule has 1 aliphatic heterocycles. The third-order valence-electron chi connectivity index (χ3n) is 5.46. The molecule has 0 aromatic rings. The molecule has 1 saturated carbocycles. The van der Waals surface area contributed by atoms with E-state index in [9.17, 15) is 0 Å². The fraction of sp³-hybridized carbons (Fsp3) is 1.00. The molecule has 112 valence electrons. The van der Waals surface area contributed by atoms with E-state index < -0.39 is 0 Å². The molecule has 2 aliphatic rings. The second-order valence-corrected chi connectivity index (χ2v) is 7.38. The van der Waals surface area contributed by atoms with Gasteiger partial charge < -0.3 is 15.5 Å². The maximum Gasteiger partial charge on any atom is 0.0113 e. The zero-order valence-corrected chi connectivity index (χ0v) is 13.2. The molecule has 0 radical (unpaired) electrons. The van der Waals surface area contributed by atoms with Crippen LogP contribution in [0.2, 0.25) is 0 Å². The zero-order valence-electron chi connectivity index (χ0n) is 13.2. The molecule has 3 nitrogen and oxygen atoms in total. The molecular weight excluding hydrogens is 234 g/mol. The molecule has 19 heavy (non-hydrogen) atoms. The highest BCUT2D eigenvalue weighted by Gasteiger charge is 2.36. The van der Waals surface area contributed by atoms with Gasteiger partial charge >= 0.3 is 0 Å². The normalized spacial score (nSPS) is 34.9. The molecule has 2 fully saturated rings. The Morgan fingerprint density at radius 1 is 1.21 bits per heavy atom. The van der Waals surface area contributed by atoms with Gasteiger partial charge in [-0.25, -0.2) is 0 Å². The van der Waals surface area contributed by atoms with E-state index in [4.69, 9.17) is 5.73 Å². The smallest absolute Gasteiger partial charge is 0.0113 e. The Morgan fingerprint density at radius 2 is 1.89 bits per heavy atom. The van der Waals surface area contributed by atoms with Crippen molar-refractivity contribution in [3.8, 4) is 0 Å². The van der Waals surface area contributed by atoms with Gasteiger partial charge in [-0.05, 0) is 70.7 Å². The maximum absolute atomic E-state index is 6.16. The van der Waals surface area contributed by atoms with E-state index in [1.54, 1.807) is 0 Å². The maximum atomic E-state index is 6.16. The monoisotopic (exact) mass is 267 g/mol. The van der Waals surface area contributed by atoms with Gasteiger partial charge in [-0.2, -0.15) is 0 Å². The minimum atomic E-state index is 0.419. The van der Waals surface area contributed by atoms with E-state index in [2.05, 4.69) is 30.8 Å². The summed E-state index contributed by atoms with van der Waals surface area (Å²) in [6.45, 7) is 7.05. The van der Waals surface area contributed by atoms with Crippen molar-refractivity contribution >= 4 is 0 Å². The number of nitrogens with two attached hydrogens (primary N) is 1. The quantitative estimate of drug-likeness (QED) is 0.847. The van der Waals surface area contributed by atoms with E-state index in [-0.39, 0.29) is 0 Å². The molecule has 0 aromatic carbocycles. The summed E-state index contributed by atoms with van der Waals surface area (Å²) in [4.78, 5) is 5.07. The van der Waals surface area contributed by atoms with E-state index in [1.807, 2.05) is 0 Å². The van der Waals surface area contributed by atoms with Crippen LogP contribution in [0.3, 0.4) is 0 Å². The van der Waals surface area contributed by atoms with Crippen LogP contribution in [-0.2, 0) is 0 Å². The van der Waals surface area contributed by atoms with Gasteiger partial charge in [0.2, 0.25) is 0 Å². The standard InChI is InChI=1S/C16H33N3/c1-14-5-4-8-16(11-14,12-17)13-19-9-6-15(7-10-19)18(2)3/h14-15H,4-13,17H2,1-3H3. The van der Waals surface area contributed by atoms with Crippen molar-refractivity contribution in [3.63, 3.8) is 0 Å². The summed E-state index contributed by atoms with van der Waals surface area (Å²) < 4.78 is 0. The molecule has 2 atom stereocenters. The number of piperidine rings is 1. The fourth-order valence-corrected chi connectivity index (χ4v) is 4.23. The van der Waals surface area contributed by atoms with Crippen molar-refractivity contribution in [1.29, 1.82) is 0 Å². The highest BCUT2D eigenvalue weighted by molar-refractivity contribution is 4.90. The van der Waals surface area contributed by atoms with Crippen molar-refractivity contribution in [3.05, 3.63) is 0 Å². The highest BCUT2D eigenvalue weighted by Crippen LogP contribution is 2.39. The van der Waals surface area contributed by atoms with Gasteiger partial charge in [0.05, 0.1) is 0 Å². The number of nitrogens with zero attached hydrogens (tertiary/aromatic N) is 2. The average molecular weight is 267 g/mol. The summed E-state index contributed by atoms with van der Waals surface area (Å²) in [5.74, 6) is 0.872. The van der Waals surface area contributed by atoms with Gasteiger partial charge in [0.25, 0.3) is 0 Å². The van der Waals surface area contributed by atoms with Gasteiger partial charge in [-0.3, -0.25) is 0 Å². The SMILES string of the molecule is CC1CCCC(CN)(CN2CCC(N(C)C)CC2)C1. The summed E-state index contributed by atoms with van der Waals surface area (Å²) in [6.07, 6.45) is 8.13. The molecule has 0 bridgehead atoms. The first-order valence-corrected chi connectivity index (χ1v) is 8.13. The molecular formula is C16H33N3. The van der Waals surface area contributed by atoms with E-state index in [0.29, 0.717) is 5.41 Å². The van der Waals surface area contributed by atoms with Crippen molar-refractivity contribution in [2.24, 2.45) is 17.1 Å². The summed E-state index contributed by atoms with van der Waals surface area (Å²) in [6, 6.07) is 0.787. The van der Waals surface area contributed by atoms with Crippen LogP contribution in [0, 0.1) is 11.3 Å². The second-order valence-electron chi connectivity index (χ2n) is 7.38. The van der Waals surface area contributed by atoms with Gasteiger partial charge in [-0.1, -0.05) is 19.8 Å². The lowest BCUT2D eigenvalue weighted by molar-refractivity contribution is 0.0607. The Labute approximate surface area is 119 Å². The van der Waals surface area contributed by atoms with Crippen molar-refractivity contribution in [2.45, 2.75) is 51.5 Å². The van der Waals surface area contributed by atoms with Crippen LogP contribution in [-0.4, -0.2) is 56.1 Å². The van der Waals surface area contributed by atoms with E-state index in [1.165, 1.54) is 58.2 Å². The molecule has 1 aliphatic carbocycles. The van der Waals surface area contributed by atoms with Gasteiger partial charge in [-0.15, -0.1) is 0 Å². The van der Waals surface area contributed by atoms with Crippen LogP contribution >= 0.6 is 0 Å². The van der Waals surface area contributed by atoms with Gasteiger partial charge in [0.15, 0.2) is 0 Å². The minimum Gasteiger partial charge on any atom is -0.330 e. The van der Waals surface area contributed by atoms with Gasteiger partial charge in [0.1, 0.15) is 0 Å². The molecule has 1 saturated heterocycles. The van der Waals surface area contributed by atoms with Crippen LogP contribution in [0.25, 0.3) is 0 Å². The summed E-state index contributed by atoms with van der Waals surface area (Å²) in [5.41, 5.74) is 6.58. The molecule has 0 spiro atoms. The minimum absolute atomic E-state index is 0.419. The third-order valence-corrected chi connectivity index (χ3v) is 5.46. The van der Waals surface area contributed by atoms with E-state index in [0.717, 1.165) is 18.5 Å².